The predicted octanol–water partition coefficient (Wildman–Crippen LogP) is -0.621. The van der Waals surface area contributed by atoms with Gasteiger partial charge in [0.25, 0.3) is 0 Å². The molecule has 0 bridgehead atoms. The Morgan fingerprint density at radius 2 is 2.05 bits per heavy atom. The zero-order chi connectivity index (χ0) is 13.7. The van der Waals surface area contributed by atoms with Crippen LogP contribution in [0.4, 0.5) is 0 Å². The maximum Gasteiger partial charge on any atom is 0.213 e. The van der Waals surface area contributed by atoms with E-state index in [1.165, 1.54) is 0 Å². The molecule has 2 atom stereocenters. The SMILES string of the molecule is COC1CCCC1NS(=O)(=O)CCN1CCNCC1. The number of sulfonamides is 1. The lowest BCUT2D eigenvalue weighted by Gasteiger charge is -2.27. The van der Waals surface area contributed by atoms with Crippen molar-refractivity contribution in [3.8, 4) is 0 Å². The highest BCUT2D eigenvalue weighted by Crippen LogP contribution is 2.22. The van der Waals surface area contributed by atoms with Crippen LogP contribution in [0, 0.1) is 0 Å². The fourth-order valence-corrected chi connectivity index (χ4v) is 4.16. The highest BCUT2D eigenvalue weighted by Gasteiger charge is 2.30. The van der Waals surface area contributed by atoms with Crippen LogP contribution in [0.5, 0.6) is 0 Å². The van der Waals surface area contributed by atoms with Crippen molar-refractivity contribution in [3.05, 3.63) is 0 Å². The van der Waals surface area contributed by atoms with Crippen molar-refractivity contribution in [2.24, 2.45) is 0 Å². The van der Waals surface area contributed by atoms with E-state index in [1.54, 1.807) is 7.11 Å². The van der Waals surface area contributed by atoms with Crippen LogP contribution >= 0.6 is 0 Å². The molecule has 0 aromatic carbocycles. The third-order valence-corrected chi connectivity index (χ3v) is 5.35. The Hall–Kier alpha value is -0.210. The summed E-state index contributed by atoms with van der Waals surface area (Å²) in [5.74, 6) is 0.180. The molecule has 1 aliphatic heterocycles. The average Bonchev–Trinajstić information content (AvgIpc) is 2.84. The van der Waals surface area contributed by atoms with Gasteiger partial charge in [0.1, 0.15) is 0 Å². The molecule has 0 amide bonds. The fourth-order valence-electron chi connectivity index (χ4n) is 2.82. The topological polar surface area (TPSA) is 70.7 Å². The van der Waals surface area contributed by atoms with E-state index >= 15 is 0 Å². The van der Waals surface area contributed by atoms with Crippen molar-refractivity contribution in [3.63, 3.8) is 0 Å². The minimum Gasteiger partial charge on any atom is -0.380 e. The van der Waals surface area contributed by atoms with Crippen LogP contribution < -0.4 is 10.0 Å². The number of nitrogens with one attached hydrogen (secondary N) is 2. The molecule has 2 N–H and O–H groups in total. The summed E-state index contributed by atoms with van der Waals surface area (Å²) >= 11 is 0. The summed E-state index contributed by atoms with van der Waals surface area (Å²) in [7, 11) is -1.55. The van der Waals surface area contributed by atoms with E-state index in [-0.39, 0.29) is 17.9 Å². The molecule has 2 rings (SSSR count). The van der Waals surface area contributed by atoms with E-state index < -0.39 is 10.0 Å². The number of hydrogen-bond acceptors (Lipinski definition) is 5. The lowest BCUT2D eigenvalue weighted by Crippen LogP contribution is -2.47. The second-order valence-electron chi connectivity index (χ2n) is 5.34. The Morgan fingerprint density at radius 1 is 1.32 bits per heavy atom. The van der Waals surface area contributed by atoms with Gasteiger partial charge in [0.2, 0.25) is 10.0 Å². The van der Waals surface area contributed by atoms with Crippen LogP contribution in [-0.2, 0) is 14.8 Å². The van der Waals surface area contributed by atoms with Gasteiger partial charge in [0.05, 0.1) is 11.9 Å². The molecule has 19 heavy (non-hydrogen) atoms. The molecule has 0 aromatic rings. The molecule has 0 radical (unpaired) electrons. The molecule has 6 nitrogen and oxygen atoms in total. The van der Waals surface area contributed by atoms with E-state index in [0.717, 1.165) is 45.4 Å². The number of rotatable bonds is 6. The first kappa shape index (κ1) is 15.2. The third kappa shape index (κ3) is 4.68. The molecular weight excluding hydrogens is 266 g/mol. The van der Waals surface area contributed by atoms with Crippen LogP contribution in [0.3, 0.4) is 0 Å². The molecule has 112 valence electrons. The van der Waals surface area contributed by atoms with E-state index in [4.69, 9.17) is 4.74 Å². The fraction of sp³-hybridized carbons (Fsp3) is 1.00. The summed E-state index contributed by atoms with van der Waals surface area (Å²) in [5.41, 5.74) is 0. The predicted molar refractivity (Wildman–Crippen MR) is 74.7 cm³/mol. The number of piperazine rings is 1. The molecule has 1 saturated carbocycles. The van der Waals surface area contributed by atoms with Gasteiger partial charge in [0.15, 0.2) is 0 Å². The summed E-state index contributed by atoms with van der Waals surface area (Å²) < 4.78 is 32.3. The van der Waals surface area contributed by atoms with E-state index in [1.807, 2.05) is 0 Å². The summed E-state index contributed by atoms with van der Waals surface area (Å²) in [4.78, 5) is 2.19. The Balaban J connectivity index is 1.77. The Kier molecular flexibility index (Phi) is 5.58. The Morgan fingerprint density at radius 3 is 2.74 bits per heavy atom. The quantitative estimate of drug-likeness (QED) is 0.682. The molecule has 1 heterocycles. The van der Waals surface area contributed by atoms with Gasteiger partial charge in [-0.3, -0.25) is 4.90 Å². The van der Waals surface area contributed by atoms with Crippen LogP contribution in [0.15, 0.2) is 0 Å². The Labute approximate surface area is 115 Å². The van der Waals surface area contributed by atoms with Gasteiger partial charge in [-0.25, -0.2) is 13.1 Å². The van der Waals surface area contributed by atoms with Gasteiger partial charge in [0, 0.05) is 45.9 Å². The largest absolute Gasteiger partial charge is 0.380 e. The minimum atomic E-state index is -3.20. The first-order valence-electron chi connectivity index (χ1n) is 7.06. The second-order valence-corrected chi connectivity index (χ2v) is 7.21. The van der Waals surface area contributed by atoms with Crippen molar-refractivity contribution in [2.75, 3.05) is 45.6 Å². The lowest BCUT2D eigenvalue weighted by atomic mass is 10.2. The highest BCUT2D eigenvalue weighted by atomic mass is 32.2. The molecule has 7 heteroatoms. The number of nitrogens with zero attached hydrogens (tertiary/aromatic N) is 1. The summed E-state index contributed by atoms with van der Waals surface area (Å²) in [6.45, 7) is 4.37. The maximum absolute atomic E-state index is 12.1. The normalized spacial score (nSPS) is 29.7. The third-order valence-electron chi connectivity index (χ3n) is 3.97. The number of ether oxygens (including phenoxy) is 1. The molecule has 0 aromatic heterocycles. The van der Waals surface area contributed by atoms with Crippen molar-refractivity contribution in [1.29, 1.82) is 0 Å². The van der Waals surface area contributed by atoms with Crippen molar-refractivity contribution < 1.29 is 13.2 Å². The number of hydrogen-bond donors (Lipinski definition) is 2. The van der Waals surface area contributed by atoms with Crippen molar-refractivity contribution in [2.45, 2.75) is 31.4 Å². The van der Waals surface area contributed by atoms with Crippen LogP contribution in [0.1, 0.15) is 19.3 Å². The van der Waals surface area contributed by atoms with Crippen molar-refractivity contribution >= 4 is 10.0 Å². The first-order valence-corrected chi connectivity index (χ1v) is 8.72. The molecule has 1 saturated heterocycles. The Bertz CT molecular complexity index is 368. The van der Waals surface area contributed by atoms with Gasteiger partial charge in [-0.05, 0) is 19.3 Å². The summed E-state index contributed by atoms with van der Waals surface area (Å²) in [6.07, 6.45) is 2.89. The van der Waals surface area contributed by atoms with Crippen LogP contribution in [0.25, 0.3) is 0 Å². The molecule has 2 unspecified atom stereocenters. The highest BCUT2D eigenvalue weighted by molar-refractivity contribution is 7.89. The minimum absolute atomic E-state index is 0.0361. The standard InChI is InChI=1S/C12H25N3O3S/c1-18-12-4-2-3-11(12)14-19(16,17)10-9-15-7-5-13-6-8-15/h11-14H,2-10H2,1H3. The van der Waals surface area contributed by atoms with Crippen molar-refractivity contribution in [1.82, 2.24) is 14.9 Å². The van der Waals surface area contributed by atoms with Crippen LogP contribution in [-0.4, -0.2) is 71.0 Å². The molecule has 2 fully saturated rings. The maximum atomic E-state index is 12.1. The molecule has 1 aliphatic carbocycles. The zero-order valence-corrected chi connectivity index (χ0v) is 12.4. The van der Waals surface area contributed by atoms with Crippen LogP contribution in [0.2, 0.25) is 0 Å². The van der Waals surface area contributed by atoms with Gasteiger partial charge < -0.3 is 10.1 Å². The monoisotopic (exact) mass is 291 g/mol. The number of methoxy groups -OCH3 is 1. The molecular formula is C12H25N3O3S. The summed E-state index contributed by atoms with van der Waals surface area (Å²) in [6, 6.07) is -0.0435. The average molecular weight is 291 g/mol. The van der Waals surface area contributed by atoms with Gasteiger partial charge in [-0.2, -0.15) is 0 Å². The molecule has 0 spiro atoms. The lowest BCUT2D eigenvalue weighted by molar-refractivity contribution is 0.0916. The summed E-state index contributed by atoms with van der Waals surface area (Å²) in [5, 5.41) is 3.26. The van der Waals surface area contributed by atoms with Gasteiger partial charge in [-0.15, -0.1) is 0 Å². The van der Waals surface area contributed by atoms with Gasteiger partial charge >= 0.3 is 0 Å². The molecule has 2 aliphatic rings. The van der Waals surface area contributed by atoms with E-state index in [2.05, 4.69) is 14.9 Å². The van der Waals surface area contributed by atoms with E-state index in [0.29, 0.717) is 6.54 Å². The smallest absolute Gasteiger partial charge is 0.213 e. The first-order chi connectivity index (χ1) is 9.11. The van der Waals surface area contributed by atoms with Gasteiger partial charge in [-0.1, -0.05) is 0 Å². The second kappa shape index (κ2) is 6.99. The zero-order valence-electron chi connectivity index (χ0n) is 11.6. The van der Waals surface area contributed by atoms with E-state index in [9.17, 15) is 8.42 Å².